The second-order valence-corrected chi connectivity index (χ2v) is 15.0. The number of allylic oxidation sites excluding steroid dienone is 7. The fraction of sp³-hybridized carbons (Fsp3) is 0.138. The number of nitrogens with one attached hydrogen (secondary N) is 2. The number of anilines is 2. The second-order valence-electron chi connectivity index (χ2n) is 15.0. The standard InChI is InChI=1S/C48H40N4O2.C8H12.C2H6/c1-6-7-15-37-30(2)53-47-38(16-11-18-40(37)47)33-22-24-44-35(26-33)20-21-36-27-34(39-17-12-19-41-42(29-50-4)31(3)54-48(39)41)23-25-45(36)52(44)46(49)28-43(51-5)32-13-9-8-10-14-32;1-4-5-6-7-8(2)3;1-2/h6-29,49,51H,2H2,1,3-5H3;4-7H,2H2,1,3H3;1-2H3/b7-6-,37-15+,43-28-,49-46?,50-29?;5-4-,7-6-;. The van der Waals surface area contributed by atoms with Gasteiger partial charge in [0.25, 0.3) is 0 Å². The summed E-state index contributed by atoms with van der Waals surface area (Å²) in [6.45, 7) is 19.8. The Balaban J connectivity index is 0.000000615. The lowest BCUT2D eigenvalue weighted by Gasteiger charge is -2.27. The molecule has 0 spiro atoms. The molecule has 0 saturated heterocycles. The van der Waals surface area contributed by atoms with Gasteiger partial charge in [-0.15, -0.1) is 0 Å². The molecule has 0 radical (unpaired) electrons. The molecule has 1 aliphatic rings. The predicted molar refractivity (Wildman–Crippen MR) is 278 cm³/mol. The molecule has 2 N–H and O–H groups in total. The number of para-hydroxylation sites is 2. The highest BCUT2D eigenvalue weighted by atomic mass is 16.3. The van der Waals surface area contributed by atoms with Gasteiger partial charge in [-0.2, -0.15) is 0 Å². The van der Waals surface area contributed by atoms with Gasteiger partial charge in [0.05, 0.1) is 11.4 Å². The molecular formula is C58H58N4O2. The van der Waals surface area contributed by atoms with Crippen LogP contribution >= 0.6 is 0 Å². The number of hydrogen-bond acceptors (Lipinski definition) is 5. The Bertz CT molecular complexity index is 3110. The first-order valence-corrected chi connectivity index (χ1v) is 21.7. The average molecular weight is 843 g/mol. The normalized spacial score (nSPS) is 12.7. The van der Waals surface area contributed by atoms with Crippen molar-refractivity contribution >= 4 is 75.9 Å². The van der Waals surface area contributed by atoms with E-state index in [-0.39, 0.29) is 0 Å². The molecular weight excluding hydrogens is 785 g/mol. The van der Waals surface area contributed by atoms with Crippen LogP contribution < -0.4 is 20.9 Å². The highest BCUT2D eigenvalue weighted by Crippen LogP contribution is 2.42. The van der Waals surface area contributed by atoms with Gasteiger partial charge in [0.15, 0.2) is 0 Å². The van der Waals surface area contributed by atoms with Crippen LogP contribution in [0.1, 0.15) is 62.6 Å². The van der Waals surface area contributed by atoms with Gasteiger partial charge in [0, 0.05) is 64.8 Å². The van der Waals surface area contributed by atoms with E-state index in [4.69, 9.17) is 8.83 Å². The van der Waals surface area contributed by atoms with Gasteiger partial charge in [0.1, 0.15) is 28.2 Å². The molecule has 1 aliphatic heterocycles. The summed E-state index contributed by atoms with van der Waals surface area (Å²) in [5.41, 5.74) is 13.9. The number of aliphatic imine (C=N–C) groups is 1. The zero-order chi connectivity index (χ0) is 45.8. The first-order chi connectivity index (χ1) is 31.2. The van der Waals surface area contributed by atoms with Crippen molar-refractivity contribution in [3.63, 3.8) is 0 Å². The summed E-state index contributed by atoms with van der Waals surface area (Å²) >= 11 is 0. The van der Waals surface area contributed by atoms with Gasteiger partial charge < -0.3 is 14.2 Å². The third-order valence-electron chi connectivity index (χ3n) is 10.6. The fourth-order valence-corrected chi connectivity index (χ4v) is 7.70. The van der Waals surface area contributed by atoms with Crippen molar-refractivity contribution in [2.24, 2.45) is 4.99 Å². The van der Waals surface area contributed by atoms with Crippen molar-refractivity contribution in [1.82, 2.24) is 5.32 Å². The molecule has 0 aliphatic carbocycles. The SMILES string of the molecule is C=C(C)/C=C\C=C/C.C=c1oc2c(-c3ccc4c(c3)C=Cc3cc(-c5cccc6c(C=NC)c(C)oc56)ccc3N4C(=N)/C=C(\NC)c3ccccc3)cccc2/c1=C/C=C\C.CC. The molecule has 0 fully saturated rings. The third kappa shape index (κ3) is 9.83. The van der Waals surface area contributed by atoms with Crippen LogP contribution in [0, 0.1) is 12.3 Å². The minimum Gasteiger partial charge on any atom is -0.460 e. The number of rotatable bonds is 9. The van der Waals surface area contributed by atoms with Crippen molar-refractivity contribution in [3.8, 4) is 22.3 Å². The third-order valence-corrected chi connectivity index (χ3v) is 10.6. The highest BCUT2D eigenvalue weighted by molar-refractivity contribution is 6.15. The van der Waals surface area contributed by atoms with E-state index >= 15 is 0 Å². The molecule has 322 valence electrons. The van der Waals surface area contributed by atoms with Crippen LogP contribution in [0.2, 0.25) is 0 Å². The van der Waals surface area contributed by atoms with Crippen molar-refractivity contribution in [2.75, 3.05) is 19.0 Å². The van der Waals surface area contributed by atoms with Gasteiger partial charge >= 0.3 is 0 Å². The zero-order valence-corrected chi connectivity index (χ0v) is 38.3. The van der Waals surface area contributed by atoms with E-state index in [9.17, 15) is 5.41 Å². The van der Waals surface area contributed by atoms with E-state index in [0.717, 1.165) is 100 Å². The lowest BCUT2D eigenvalue weighted by molar-refractivity contribution is 0.578. The Morgan fingerprint density at radius 1 is 0.750 bits per heavy atom. The van der Waals surface area contributed by atoms with Gasteiger partial charge in [-0.1, -0.05) is 166 Å². The Morgan fingerprint density at radius 3 is 1.91 bits per heavy atom. The number of hydrogen-bond donors (Lipinski definition) is 2. The molecule has 6 heteroatoms. The summed E-state index contributed by atoms with van der Waals surface area (Å²) < 4.78 is 12.6. The van der Waals surface area contributed by atoms with Crippen LogP contribution in [-0.4, -0.2) is 26.1 Å². The van der Waals surface area contributed by atoms with Crippen LogP contribution in [0.3, 0.4) is 0 Å². The molecule has 0 atom stereocenters. The maximum absolute atomic E-state index is 9.65. The molecule has 6 nitrogen and oxygen atoms in total. The summed E-state index contributed by atoms with van der Waals surface area (Å²) in [6.07, 6.45) is 22.0. The first-order valence-electron chi connectivity index (χ1n) is 21.7. The molecule has 0 amide bonds. The molecule has 64 heavy (non-hydrogen) atoms. The molecule has 0 saturated carbocycles. The Labute approximate surface area is 378 Å². The summed E-state index contributed by atoms with van der Waals surface area (Å²) in [7, 11) is 3.66. The fourth-order valence-electron chi connectivity index (χ4n) is 7.70. The predicted octanol–water partition coefficient (Wildman–Crippen LogP) is 14.2. The van der Waals surface area contributed by atoms with E-state index in [0.29, 0.717) is 11.3 Å². The number of benzene rings is 5. The van der Waals surface area contributed by atoms with E-state index in [1.807, 2.05) is 139 Å². The van der Waals surface area contributed by atoms with E-state index in [2.05, 4.69) is 108 Å². The minimum atomic E-state index is 0.321. The van der Waals surface area contributed by atoms with Crippen molar-refractivity contribution in [2.45, 2.75) is 41.5 Å². The van der Waals surface area contributed by atoms with E-state index < -0.39 is 0 Å². The summed E-state index contributed by atoms with van der Waals surface area (Å²) in [5.74, 6) is 1.15. The van der Waals surface area contributed by atoms with Crippen LogP contribution in [-0.2, 0) is 0 Å². The number of nitrogens with zero attached hydrogens (tertiary/aromatic N) is 2. The van der Waals surface area contributed by atoms with E-state index in [1.165, 1.54) is 0 Å². The van der Waals surface area contributed by atoms with Crippen LogP contribution in [0.4, 0.5) is 11.4 Å². The summed E-state index contributed by atoms with van der Waals surface area (Å²) in [4.78, 5) is 6.29. The Morgan fingerprint density at radius 2 is 1.34 bits per heavy atom. The monoisotopic (exact) mass is 842 g/mol. The number of fused-ring (bicyclic) bond motifs is 4. The summed E-state index contributed by atoms with van der Waals surface area (Å²) in [5, 5.41) is 16.0. The molecule has 0 unspecified atom stereocenters. The van der Waals surface area contributed by atoms with Crippen molar-refractivity contribution in [1.29, 1.82) is 5.41 Å². The van der Waals surface area contributed by atoms with Gasteiger partial charge in [-0.25, -0.2) is 0 Å². The second kappa shape index (κ2) is 21.4. The molecule has 8 rings (SSSR count). The van der Waals surface area contributed by atoms with Crippen LogP contribution in [0.15, 0.2) is 172 Å². The van der Waals surface area contributed by atoms with Gasteiger partial charge in [-0.3, -0.25) is 15.3 Å². The van der Waals surface area contributed by atoms with Crippen molar-refractivity contribution in [3.05, 3.63) is 196 Å². The highest BCUT2D eigenvalue weighted by Gasteiger charge is 2.24. The molecule has 0 bridgehead atoms. The quantitative estimate of drug-likeness (QED) is 0.0862. The minimum absolute atomic E-state index is 0.321. The Kier molecular flexibility index (Phi) is 15.3. The maximum Gasteiger partial charge on any atom is 0.143 e. The zero-order valence-electron chi connectivity index (χ0n) is 38.3. The number of amidine groups is 1. The lowest BCUT2D eigenvalue weighted by Crippen LogP contribution is -2.25. The molecule has 5 aromatic carbocycles. The number of aryl methyl sites for hydroxylation is 1. The first kappa shape index (κ1) is 45.8. The largest absolute Gasteiger partial charge is 0.460 e. The lowest BCUT2D eigenvalue weighted by atomic mass is 9.98. The van der Waals surface area contributed by atoms with Crippen molar-refractivity contribution < 1.29 is 8.83 Å². The smallest absolute Gasteiger partial charge is 0.143 e. The summed E-state index contributed by atoms with van der Waals surface area (Å²) in [6, 6.07) is 35.3. The maximum atomic E-state index is 9.65. The van der Waals surface area contributed by atoms with Gasteiger partial charge in [-0.05, 0) is 79.8 Å². The van der Waals surface area contributed by atoms with Crippen LogP contribution in [0.5, 0.6) is 0 Å². The topological polar surface area (TPSA) is 77.8 Å². The Hall–Kier alpha value is -7.70. The van der Waals surface area contributed by atoms with E-state index in [1.54, 1.807) is 7.05 Å². The average Bonchev–Trinajstić information content (AvgIpc) is 3.76. The van der Waals surface area contributed by atoms with Crippen LogP contribution in [0.25, 0.3) is 74.7 Å². The number of furan rings is 2. The van der Waals surface area contributed by atoms with Gasteiger partial charge in [0.2, 0.25) is 0 Å². The molecule has 7 aromatic rings. The molecule has 3 heterocycles. The molecule has 2 aromatic heterocycles.